The molecule has 0 saturated carbocycles. The average molecular weight is 1530 g/mol. The molecule has 1 N–H and O–H groups in total. The lowest BCUT2D eigenvalue weighted by atomic mass is 9.74. The third-order valence-electron chi connectivity index (χ3n) is 23.0. The maximum absolute atomic E-state index is 3.79. The summed E-state index contributed by atoms with van der Waals surface area (Å²) in [7, 11) is 0. The number of H-pyrrole nitrogens is 1. The van der Waals surface area contributed by atoms with Crippen LogP contribution in [0, 0.1) is 0 Å². The lowest BCUT2D eigenvalue weighted by Crippen LogP contribution is -2.23. The minimum absolute atomic E-state index is 0. The normalized spacial score (nSPS) is 13.0. The minimum atomic E-state index is -0.0215. The Balaban J connectivity index is 0.000000129. The highest BCUT2D eigenvalue weighted by Gasteiger charge is 2.42. The fourth-order valence-corrected chi connectivity index (χ4v) is 18.9. The number of nitrogens with zero attached hydrogens (tertiary/aromatic N) is 1. The van der Waals surface area contributed by atoms with E-state index in [0.29, 0.717) is 0 Å². The van der Waals surface area contributed by atoms with Crippen molar-refractivity contribution in [1.82, 2.24) is 9.55 Å². The maximum atomic E-state index is 3.79. The zero-order valence-corrected chi connectivity index (χ0v) is 62.7. The molecule has 0 atom stereocenters. The van der Waals surface area contributed by atoms with Gasteiger partial charge in [0.15, 0.2) is 0 Å². The Morgan fingerprint density at radius 2 is 0.548 bits per heavy atom. The molecule has 0 radical (unpaired) electrons. The van der Waals surface area contributed by atoms with Gasteiger partial charge in [0.2, 0.25) is 0 Å². The van der Waals surface area contributed by atoms with Crippen molar-refractivity contribution >= 4 is 134 Å². The van der Waals surface area contributed by atoms with Crippen molar-refractivity contribution in [2.75, 3.05) is 0 Å². The Kier molecular flexibility index (Phi) is 17.4. The van der Waals surface area contributed by atoms with Gasteiger partial charge in [-0.2, -0.15) is 0 Å². The van der Waals surface area contributed by atoms with E-state index < -0.39 is 0 Å². The van der Waals surface area contributed by atoms with Gasteiger partial charge >= 0.3 is 0 Å². The highest BCUT2D eigenvalue weighted by Crippen LogP contribution is 2.56. The van der Waals surface area contributed by atoms with Crippen LogP contribution in [0.5, 0.6) is 0 Å². The zero-order valence-electron chi connectivity index (χ0n) is 57.9. The topological polar surface area (TPSA) is 20.7 Å². The summed E-state index contributed by atoms with van der Waals surface area (Å²) >= 11 is 11.0. The number of fused-ring (bicyclic) bond motifs is 16. The molecule has 20 rings (SSSR count). The molecule has 18 aromatic rings. The van der Waals surface area contributed by atoms with Gasteiger partial charge in [-0.1, -0.05) is 301 Å². The molecule has 2 heterocycles. The van der Waals surface area contributed by atoms with Gasteiger partial charge in [-0.15, -0.1) is 0 Å². The fraction of sp³-hybridized carbons (Fsp3) is 0.111. The van der Waals surface area contributed by atoms with Crippen LogP contribution in [0.25, 0.3) is 159 Å². The summed E-state index contributed by atoms with van der Waals surface area (Å²) < 4.78 is 5.99. The second-order valence-electron chi connectivity index (χ2n) is 27.9. The van der Waals surface area contributed by atoms with Crippen molar-refractivity contribution in [1.29, 1.82) is 0 Å². The summed E-state index contributed by atoms with van der Waals surface area (Å²) in [6, 6.07) is 116. The van der Waals surface area contributed by atoms with E-state index in [-0.39, 0.29) is 18.3 Å². The molecule has 16 aromatic carbocycles. The predicted octanol–water partition coefficient (Wildman–Crippen LogP) is 30.2. The monoisotopic (exact) mass is 1530 g/mol. The molecule has 0 bridgehead atoms. The van der Waals surface area contributed by atoms with Crippen LogP contribution < -0.4 is 0 Å². The van der Waals surface area contributed by atoms with Crippen LogP contribution in [0.4, 0.5) is 0 Å². The van der Waals surface area contributed by atoms with E-state index in [0.717, 1.165) is 30.2 Å². The van der Waals surface area contributed by atoms with Gasteiger partial charge in [-0.25, -0.2) is 0 Å². The summed E-state index contributed by atoms with van der Waals surface area (Å²) in [5, 5.41) is 15.2. The number of nitrogens with one attached hydrogen (secondary N) is 1. The molecule has 0 fully saturated rings. The summed E-state index contributed by atoms with van der Waals surface area (Å²) in [6.45, 7) is 9.29. The van der Waals surface area contributed by atoms with Crippen molar-refractivity contribution in [3.05, 3.63) is 351 Å². The van der Waals surface area contributed by atoms with Gasteiger partial charge < -0.3 is 9.55 Å². The second kappa shape index (κ2) is 27.0. The lowest BCUT2D eigenvalue weighted by Gasteiger charge is -2.30. The van der Waals surface area contributed by atoms with Crippen LogP contribution in [0.3, 0.4) is 0 Å². The van der Waals surface area contributed by atoms with Gasteiger partial charge in [0, 0.05) is 62.5 Å². The standard InChI is InChI=1S/C49H36BrN.C32H21N.C17H16Br2.CH4/c1-3-49(4-2)45-29-35(50)21-23-41(45)42-24-22-36(30-46(42)49)51-47-25-19-33(39-17-9-13-31-11-5-7-15-37(31)39)27-43(47)44-28-34(20-26-48(44)51)40-18-10-14-32-12-6-8-16-38(32)40;1-3-11-25-21(7-1)9-5-13-27(25)23-15-17-31-29(19-23)30-20-24(16-18-32(30)33-31)28-14-6-10-22-8-2-4-12-26(22)28;1-3-17(4-2)15-9-11(18)5-7-13(15)14-8-6-12(19)10-16(14)17;/h5-30H,3-4H2,1-2H3;1-20,33H;5-10H,3-4H2,1-2H3;1H4. The van der Waals surface area contributed by atoms with E-state index >= 15 is 0 Å². The van der Waals surface area contributed by atoms with Crippen molar-refractivity contribution < 1.29 is 0 Å². The van der Waals surface area contributed by atoms with Gasteiger partial charge in [-0.05, 0) is 255 Å². The first-order valence-electron chi connectivity index (χ1n) is 36.2. The van der Waals surface area contributed by atoms with Gasteiger partial charge in [-0.3, -0.25) is 0 Å². The molecule has 0 amide bonds. The van der Waals surface area contributed by atoms with Crippen LogP contribution in [0.15, 0.2) is 329 Å². The van der Waals surface area contributed by atoms with E-state index in [1.807, 2.05) is 0 Å². The van der Waals surface area contributed by atoms with Crippen molar-refractivity contribution in [2.45, 2.75) is 71.6 Å². The molecule has 2 nitrogen and oxygen atoms in total. The summed E-state index contributed by atoms with van der Waals surface area (Å²) in [4.78, 5) is 3.61. The first-order chi connectivity index (χ1) is 50.5. The number of hydrogen-bond acceptors (Lipinski definition) is 0. The van der Waals surface area contributed by atoms with Crippen LogP contribution >= 0.6 is 47.8 Å². The molecule has 0 spiro atoms. The lowest BCUT2D eigenvalue weighted by molar-refractivity contribution is 0.490. The maximum Gasteiger partial charge on any atom is 0.0541 e. The second-order valence-corrected chi connectivity index (χ2v) is 30.7. The molecule has 0 saturated heterocycles. The predicted molar refractivity (Wildman–Crippen MR) is 458 cm³/mol. The van der Waals surface area contributed by atoms with Gasteiger partial charge in [0.1, 0.15) is 0 Å². The van der Waals surface area contributed by atoms with Crippen LogP contribution in [-0.4, -0.2) is 9.55 Å². The minimum Gasteiger partial charge on any atom is -0.355 e. The van der Waals surface area contributed by atoms with E-state index in [1.54, 1.807) is 0 Å². The van der Waals surface area contributed by atoms with E-state index in [1.165, 1.54) is 190 Å². The number of aromatic nitrogens is 2. The van der Waals surface area contributed by atoms with Crippen molar-refractivity contribution in [3.63, 3.8) is 0 Å². The Hall–Kier alpha value is -10.4. The largest absolute Gasteiger partial charge is 0.355 e. The number of aromatic amines is 1. The Bertz CT molecular complexity index is 6090. The highest BCUT2D eigenvalue weighted by molar-refractivity contribution is 9.11. The molecule has 0 unspecified atom stereocenters. The van der Waals surface area contributed by atoms with Crippen molar-refractivity contribution in [2.24, 2.45) is 0 Å². The molecule has 504 valence electrons. The molecule has 2 aromatic heterocycles. The van der Waals surface area contributed by atoms with Gasteiger partial charge in [0.25, 0.3) is 0 Å². The smallest absolute Gasteiger partial charge is 0.0541 e. The molecule has 104 heavy (non-hydrogen) atoms. The first kappa shape index (κ1) is 66.8. The third-order valence-corrected chi connectivity index (χ3v) is 24.5. The first-order valence-corrected chi connectivity index (χ1v) is 38.5. The highest BCUT2D eigenvalue weighted by atomic mass is 79.9. The number of hydrogen-bond donors (Lipinski definition) is 1. The number of halogens is 3. The molecule has 2 aliphatic carbocycles. The average Bonchev–Trinajstić information content (AvgIpc) is 1.57. The molecular weight excluding hydrogens is 1460 g/mol. The molecule has 0 aliphatic heterocycles. The fourth-order valence-electron chi connectivity index (χ4n) is 17.8. The Labute approximate surface area is 634 Å². The van der Waals surface area contributed by atoms with E-state index in [4.69, 9.17) is 0 Å². The number of rotatable bonds is 9. The van der Waals surface area contributed by atoms with Crippen LogP contribution in [-0.2, 0) is 10.8 Å². The van der Waals surface area contributed by atoms with Gasteiger partial charge in [0.05, 0.1) is 11.0 Å². The Morgan fingerprint density at radius 1 is 0.260 bits per heavy atom. The third kappa shape index (κ3) is 11.0. The van der Waals surface area contributed by atoms with E-state index in [2.05, 4.69) is 400 Å². The number of benzene rings is 16. The summed E-state index contributed by atoms with van der Waals surface area (Å²) in [5.74, 6) is 0. The van der Waals surface area contributed by atoms with Crippen LogP contribution in [0.2, 0.25) is 0 Å². The van der Waals surface area contributed by atoms with E-state index in [9.17, 15) is 0 Å². The van der Waals surface area contributed by atoms with Crippen LogP contribution in [0.1, 0.15) is 83.1 Å². The summed E-state index contributed by atoms with van der Waals surface area (Å²) in [5.41, 5.74) is 27.5. The summed E-state index contributed by atoms with van der Waals surface area (Å²) in [6.07, 6.45) is 4.38. The van der Waals surface area contributed by atoms with Crippen molar-refractivity contribution in [3.8, 4) is 72.4 Å². The SMILES string of the molecule is C.CCC1(CC)c2cc(Br)ccc2-c2ccc(-n3c4ccc(-c5cccc6ccccc56)cc4c4cc(-c5cccc6ccccc56)ccc43)cc21.CCC1(CC)c2cc(Br)ccc2-c2ccc(Br)cc21.c1ccc2c(-c3ccc4[nH]c5ccc(-c6cccc7ccccc67)cc5c4c3)cccc2c1. The quantitative estimate of drug-likeness (QED) is 0.149. The Morgan fingerprint density at radius 3 is 0.885 bits per heavy atom. The molecule has 5 heteroatoms. The molecular formula is C99H77Br3N2. The zero-order chi connectivity index (χ0) is 69.7. The molecule has 2 aliphatic rings.